The van der Waals surface area contributed by atoms with Gasteiger partial charge in [0.2, 0.25) is 0 Å². The average Bonchev–Trinajstić information content (AvgIpc) is 2.66. The molecule has 1 N–H and O–H groups in total. The molecule has 0 saturated heterocycles. The standard InChI is InChI=1S/C16H24N2O/c1-6-18-12(4)15(10-17-11(2)3)14-9-13(19-5)7-8-16(14)18/h7-9,11,17H,6,10H2,1-5H3. The van der Waals surface area contributed by atoms with E-state index in [0.29, 0.717) is 6.04 Å². The minimum atomic E-state index is 0.491. The van der Waals surface area contributed by atoms with Crippen LogP contribution in [0.1, 0.15) is 32.0 Å². The van der Waals surface area contributed by atoms with Gasteiger partial charge in [0, 0.05) is 35.7 Å². The van der Waals surface area contributed by atoms with Crippen LogP contribution in [-0.2, 0) is 13.1 Å². The molecule has 1 aromatic carbocycles. The second-order valence-electron chi connectivity index (χ2n) is 5.23. The summed E-state index contributed by atoms with van der Waals surface area (Å²) in [5.41, 5.74) is 4.02. The summed E-state index contributed by atoms with van der Waals surface area (Å²) in [6.45, 7) is 10.6. The smallest absolute Gasteiger partial charge is 0.119 e. The predicted octanol–water partition coefficient (Wildman–Crippen LogP) is 3.48. The molecule has 3 heteroatoms. The Hall–Kier alpha value is -1.48. The fraction of sp³-hybridized carbons (Fsp3) is 0.500. The van der Waals surface area contributed by atoms with Gasteiger partial charge in [-0.15, -0.1) is 0 Å². The van der Waals surface area contributed by atoms with Gasteiger partial charge >= 0.3 is 0 Å². The summed E-state index contributed by atoms with van der Waals surface area (Å²) >= 11 is 0. The average molecular weight is 260 g/mol. The molecule has 1 heterocycles. The van der Waals surface area contributed by atoms with E-state index in [-0.39, 0.29) is 0 Å². The molecular formula is C16H24N2O. The number of nitrogens with zero attached hydrogens (tertiary/aromatic N) is 1. The van der Waals surface area contributed by atoms with Crippen molar-refractivity contribution in [2.45, 2.75) is 46.8 Å². The fourth-order valence-electron chi connectivity index (χ4n) is 2.59. The van der Waals surface area contributed by atoms with Gasteiger partial charge in [-0.3, -0.25) is 0 Å². The molecule has 0 aliphatic rings. The van der Waals surface area contributed by atoms with Gasteiger partial charge in [-0.05, 0) is 37.6 Å². The van der Waals surface area contributed by atoms with Gasteiger partial charge in [0.1, 0.15) is 5.75 Å². The highest BCUT2D eigenvalue weighted by atomic mass is 16.5. The molecule has 0 aliphatic carbocycles. The number of nitrogens with one attached hydrogen (secondary N) is 1. The van der Waals surface area contributed by atoms with Crippen LogP contribution in [0.3, 0.4) is 0 Å². The predicted molar refractivity (Wildman–Crippen MR) is 80.9 cm³/mol. The van der Waals surface area contributed by atoms with Crippen LogP contribution in [-0.4, -0.2) is 17.7 Å². The quantitative estimate of drug-likeness (QED) is 0.891. The SMILES string of the molecule is CCn1c(C)c(CNC(C)C)c2cc(OC)ccc21. The van der Waals surface area contributed by atoms with Crippen molar-refractivity contribution in [3.8, 4) is 5.75 Å². The third kappa shape index (κ3) is 2.61. The highest BCUT2D eigenvalue weighted by Gasteiger charge is 2.13. The lowest BCUT2D eigenvalue weighted by Crippen LogP contribution is -2.22. The van der Waals surface area contributed by atoms with Crippen LogP contribution in [0.4, 0.5) is 0 Å². The monoisotopic (exact) mass is 260 g/mol. The Balaban J connectivity index is 2.55. The molecule has 0 radical (unpaired) electrons. The highest BCUT2D eigenvalue weighted by Crippen LogP contribution is 2.29. The molecule has 0 atom stereocenters. The van der Waals surface area contributed by atoms with E-state index in [1.807, 2.05) is 6.07 Å². The van der Waals surface area contributed by atoms with Gasteiger partial charge in [-0.1, -0.05) is 13.8 Å². The number of fused-ring (bicyclic) bond motifs is 1. The van der Waals surface area contributed by atoms with E-state index < -0.39 is 0 Å². The second kappa shape index (κ2) is 5.66. The zero-order valence-corrected chi connectivity index (χ0v) is 12.6. The Bertz CT molecular complexity index is 570. The number of rotatable bonds is 5. The molecule has 2 rings (SSSR count). The van der Waals surface area contributed by atoms with E-state index in [2.05, 4.69) is 49.7 Å². The summed E-state index contributed by atoms with van der Waals surface area (Å²) in [4.78, 5) is 0. The maximum Gasteiger partial charge on any atom is 0.119 e. The summed E-state index contributed by atoms with van der Waals surface area (Å²) in [6, 6.07) is 6.83. The Labute approximate surface area is 115 Å². The van der Waals surface area contributed by atoms with Crippen LogP contribution >= 0.6 is 0 Å². The van der Waals surface area contributed by atoms with Crippen molar-refractivity contribution < 1.29 is 4.74 Å². The van der Waals surface area contributed by atoms with E-state index in [0.717, 1.165) is 18.8 Å². The molecular weight excluding hydrogens is 236 g/mol. The lowest BCUT2D eigenvalue weighted by molar-refractivity contribution is 0.415. The summed E-state index contributed by atoms with van der Waals surface area (Å²) in [5, 5.41) is 4.81. The van der Waals surface area contributed by atoms with Gasteiger partial charge in [0.15, 0.2) is 0 Å². The normalized spacial score (nSPS) is 11.5. The van der Waals surface area contributed by atoms with E-state index in [1.54, 1.807) is 7.11 Å². The Morgan fingerprint density at radius 1 is 1.32 bits per heavy atom. The first-order valence-electron chi connectivity index (χ1n) is 6.97. The first kappa shape index (κ1) is 13.9. The van der Waals surface area contributed by atoms with Crippen molar-refractivity contribution in [2.75, 3.05) is 7.11 Å². The van der Waals surface area contributed by atoms with Gasteiger partial charge in [0.25, 0.3) is 0 Å². The van der Waals surface area contributed by atoms with Crippen LogP contribution in [0.5, 0.6) is 5.75 Å². The van der Waals surface area contributed by atoms with Crippen molar-refractivity contribution in [1.82, 2.24) is 9.88 Å². The summed E-state index contributed by atoms with van der Waals surface area (Å²) < 4.78 is 7.72. The maximum atomic E-state index is 5.36. The molecule has 0 saturated carbocycles. The molecule has 3 nitrogen and oxygen atoms in total. The first-order chi connectivity index (χ1) is 9.08. The van der Waals surface area contributed by atoms with Crippen LogP contribution in [0.2, 0.25) is 0 Å². The van der Waals surface area contributed by atoms with Gasteiger partial charge in [-0.2, -0.15) is 0 Å². The number of benzene rings is 1. The highest BCUT2D eigenvalue weighted by molar-refractivity contribution is 5.87. The van der Waals surface area contributed by atoms with E-state index in [1.165, 1.54) is 22.2 Å². The van der Waals surface area contributed by atoms with Crippen LogP contribution in [0, 0.1) is 6.92 Å². The molecule has 0 spiro atoms. The Morgan fingerprint density at radius 3 is 2.63 bits per heavy atom. The number of hydrogen-bond acceptors (Lipinski definition) is 2. The van der Waals surface area contributed by atoms with Gasteiger partial charge in [-0.25, -0.2) is 0 Å². The van der Waals surface area contributed by atoms with E-state index in [4.69, 9.17) is 4.74 Å². The largest absolute Gasteiger partial charge is 0.497 e. The molecule has 0 amide bonds. The van der Waals surface area contributed by atoms with Crippen LogP contribution in [0.25, 0.3) is 10.9 Å². The summed E-state index contributed by atoms with van der Waals surface area (Å²) in [6.07, 6.45) is 0. The van der Waals surface area contributed by atoms with Crippen molar-refractivity contribution in [2.24, 2.45) is 0 Å². The minimum absolute atomic E-state index is 0.491. The minimum Gasteiger partial charge on any atom is -0.497 e. The Kier molecular flexibility index (Phi) is 4.15. The van der Waals surface area contributed by atoms with Gasteiger partial charge in [0.05, 0.1) is 7.11 Å². The molecule has 1 aromatic heterocycles. The number of methoxy groups -OCH3 is 1. The third-order valence-electron chi connectivity index (χ3n) is 3.66. The summed E-state index contributed by atoms with van der Waals surface area (Å²) in [7, 11) is 1.72. The van der Waals surface area contributed by atoms with Crippen molar-refractivity contribution in [3.05, 3.63) is 29.5 Å². The molecule has 19 heavy (non-hydrogen) atoms. The van der Waals surface area contributed by atoms with E-state index >= 15 is 0 Å². The van der Waals surface area contributed by atoms with Gasteiger partial charge < -0.3 is 14.6 Å². The third-order valence-corrected chi connectivity index (χ3v) is 3.66. The first-order valence-corrected chi connectivity index (χ1v) is 6.97. The Morgan fingerprint density at radius 2 is 2.05 bits per heavy atom. The fourth-order valence-corrected chi connectivity index (χ4v) is 2.59. The van der Waals surface area contributed by atoms with Crippen LogP contribution in [0.15, 0.2) is 18.2 Å². The lowest BCUT2D eigenvalue weighted by atomic mass is 10.1. The second-order valence-corrected chi connectivity index (χ2v) is 5.23. The molecule has 2 aromatic rings. The molecule has 0 aliphatic heterocycles. The molecule has 0 fully saturated rings. The summed E-state index contributed by atoms with van der Waals surface area (Å²) in [5.74, 6) is 0.923. The molecule has 104 valence electrons. The number of ether oxygens (including phenoxy) is 1. The number of hydrogen-bond donors (Lipinski definition) is 1. The van der Waals surface area contributed by atoms with Crippen LogP contribution < -0.4 is 10.1 Å². The topological polar surface area (TPSA) is 26.2 Å². The van der Waals surface area contributed by atoms with E-state index in [9.17, 15) is 0 Å². The lowest BCUT2D eigenvalue weighted by Gasteiger charge is -2.09. The zero-order chi connectivity index (χ0) is 14.0. The number of aromatic nitrogens is 1. The van der Waals surface area contributed by atoms with Crippen molar-refractivity contribution >= 4 is 10.9 Å². The molecule has 0 bridgehead atoms. The maximum absolute atomic E-state index is 5.36. The zero-order valence-electron chi connectivity index (χ0n) is 12.6. The van der Waals surface area contributed by atoms with Crippen molar-refractivity contribution in [3.63, 3.8) is 0 Å². The number of aryl methyl sites for hydroxylation is 1. The molecule has 0 unspecified atom stereocenters. The van der Waals surface area contributed by atoms with Crippen molar-refractivity contribution in [1.29, 1.82) is 0 Å².